The number of hydrogen-bond acceptors (Lipinski definition) is 1. The van der Waals surface area contributed by atoms with Crippen LogP contribution in [-0.4, -0.2) is 0 Å². The molecule has 1 heterocycles. The lowest BCUT2D eigenvalue weighted by molar-refractivity contribution is 0.443. The molecule has 3 rings (SSSR count). The highest BCUT2D eigenvalue weighted by Crippen LogP contribution is 2.35. The van der Waals surface area contributed by atoms with Gasteiger partial charge in [0.15, 0.2) is 0 Å². The fourth-order valence-corrected chi connectivity index (χ4v) is 3.58. The first kappa shape index (κ1) is 13.8. The van der Waals surface area contributed by atoms with Crippen molar-refractivity contribution in [1.29, 1.82) is 0 Å². The quantitative estimate of drug-likeness (QED) is 0.635. The Morgan fingerprint density at radius 2 is 1.75 bits per heavy atom. The van der Waals surface area contributed by atoms with E-state index in [0.717, 1.165) is 22.8 Å². The zero-order valence-corrected chi connectivity index (χ0v) is 12.7. The molecule has 0 bridgehead atoms. The lowest BCUT2D eigenvalue weighted by Gasteiger charge is -2.22. The van der Waals surface area contributed by atoms with E-state index in [9.17, 15) is 0 Å². The molecule has 0 radical (unpaired) electrons. The highest BCUT2D eigenvalue weighted by Gasteiger charge is 2.18. The molecule has 0 aliphatic heterocycles. The van der Waals surface area contributed by atoms with Gasteiger partial charge in [0, 0.05) is 5.56 Å². The van der Waals surface area contributed by atoms with Crippen LogP contribution in [0.15, 0.2) is 41.0 Å². The number of furan rings is 1. The van der Waals surface area contributed by atoms with Gasteiger partial charge < -0.3 is 4.42 Å². The summed E-state index contributed by atoms with van der Waals surface area (Å²) in [5.74, 6) is 1.66. The normalized spacial score (nSPS) is 18.1. The van der Waals surface area contributed by atoms with Crippen molar-refractivity contribution in [3.05, 3.63) is 59.0 Å². The zero-order valence-electron chi connectivity index (χ0n) is 11.9. The van der Waals surface area contributed by atoms with Crippen LogP contribution in [0.4, 0.5) is 0 Å². The molecule has 1 unspecified atom stereocenters. The third-order valence-electron chi connectivity index (χ3n) is 4.48. The Hall–Kier alpha value is -1.21. The zero-order chi connectivity index (χ0) is 13.9. The molecule has 1 aliphatic rings. The van der Waals surface area contributed by atoms with E-state index in [0.29, 0.717) is 0 Å². The third-order valence-corrected chi connectivity index (χ3v) is 4.96. The number of rotatable bonds is 3. The van der Waals surface area contributed by atoms with E-state index < -0.39 is 0 Å². The average Bonchev–Trinajstić information content (AvgIpc) is 2.94. The van der Waals surface area contributed by atoms with Crippen molar-refractivity contribution in [3.8, 4) is 0 Å². The Labute approximate surface area is 125 Å². The van der Waals surface area contributed by atoms with Crippen molar-refractivity contribution < 1.29 is 4.42 Å². The molecule has 1 atom stereocenters. The summed E-state index contributed by atoms with van der Waals surface area (Å²) in [4.78, 5) is 0. The topological polar surface area (TPSA) is 13.1 Å². The predicted molar refractivity (Wildman–Crippen MR) is 83.4 cm³/mol. The Bertz CT molecular complexity index is 549. The predicted octanol–water partition coefficient (Wildman–Crippen LogP) is 5.96. The van der Waals surface area contributed by atoms with Gasteiger partial charge in [-0.3, -0.25) is 0 Å². The van der Waals surface area contributed by atoms with Gasteiger partial charge in [-0.15, -0.1) is 11.6 Å². The van der Waals surface area contributed by atoms with E-state index in [1.165, 1.54) is 37.7 Å². The Morgan fingerprint density at radius 1 is 1.05 bits per heavy atom. The van der Waals surface area contributed by atoms with E-state index in [2.05, 4.69) is 24.3 Å². The lowest BCUT2D eigenvalue weighted by Crippen LogP contribution is -2.04. The maximum atomic E-state index is 6.56. The molecule has 0 spiro atoms. The van der Waals surface area contributed by atoms with Crippen LogP contribution in [0.25, 0.3) is 0 Å². The Morgan fingerprint density at radius 3 is 2.35 bits per heavy atom. The first-order valence-electron chi connectivity index (χ1n) is 7.53. The van der Waals surface area contributed by atoms with E-state index in [1.54, 1.807) is 6.26 Å². The number of benzene rings is 1. The summed E-state index contributed by atoms with van der Waals surface area (Å²) in [6, 6.07) is 10.8. The van der Waals surface area contributed by atoms with Crippen molar-refractivity contribution in [2.24, 2.45) is 0 Å². The molecule has 1 nitrogen and oxygen atoms in total. The minimum atomic E-state index is -0.117. The maximum absolute atomic E-state index is 6.56. The van der Waals surface area contributed by atoms with Crippen molar-refractivity contribution in [3.63, 3.8) is 0 Å². The summed E-state index contributed by atoms with van der Waals surface area (Å²) >= 11 is 6.56. The monoisotopic (exact) mass is 288 g/mol. The summed E-state index contributed by atoms with van der Waals surface area (Å²) in [6.45, 7) is 1.96. The summed E-state index contributed by atoms with van der Waals surface area (Å²) in [7, 11) is 0. The van der Waals surface area contributed by atoms with E-state index in [4.69, 9.17) is 16.0 Å². The minimum absolute atomic E-state index is 0.117. The molecule has 106 valence electrons. The Balaban J connectivity index is 1.77. The second-order valence-corrected chi connectivity index (χ2v) is 6.23. The summed E-state index contributed by atoms with van der Waals surface area (Å²) in [5.41, 5.74) is 3.69. The molecule has 0 saturated heterocycles. The molecule has 0 N–H and O–H groups in total. The standard InChI is InChI=1S/C18H21ClO/c1-13-17(11-12-20-13)18(19)16-9-7-15(8-10-16)14-5-3-2-4-6-14/h7-12,14,18H,2-6H2,1H3. The van der Waals surface area contributed by atoms with Crippen LogP contribution in [0.3, 0.4) is 0 Å². The van der Waals surface area contributed by atoms with Gasteiger partial charge in [0.2, 0.25) is 0 Å². The van der Waals surface area contributed by atoms with Gasteiger partial charge in [-0.1, -0.05) is 43.5 Å². The number of aryl methyl sites for hydroxylation is 1. The fourth-order valence-electron chi connectivity index (χ4n) is 3.21. The van der Waals surface area contributed by atoms with E-state index in [-0.39, 0.29) is 5.38 Å². The van der Waals surface area contributed by atoms with Gasteiger partial charge in [-0.05, 0) is 42.9 Å². The molecule has 20 heavy (non-hydrogen) atoms. The molecule has 1 aromatic heterocycles. The minimum Gasteiger partial charge on any atom is -0.469 e. The van der Waals surface area contributed by atoms with Gasteiger partial charge in [0.25, 0.3) is 0 Å². The Kier molecular flexibility index (Phi) is 4.16. The molecule has 1 aromatic carbocycles. The van der Waals surface area contributed by atoms with Crippen LogP contribution in [0.2, 0.25) is 0 Å². The van der Waals surface area contributed by atoms with Gasteiger partial charge in [0.05, 0.1) is 11.6 Å². The fraction of sp³-hybridized carbons (Fsp3) is 0.444. The maximum Gasteiger partial charge on any atom is 0.105 e. The molecule has 2 aromatic rings. The van der Waals surface area contributed by atoms with Gasteiger partial charge in [-0.25, -0.2) is 0 Å². The first-order chi connectivity index (χ1) is 9.75. The molecule has 1 fully saturated rings. The van der Waals surface area contributed by atoms with Crippen molar-refractivity contribution in [1.82, 2.24) is 0 Å². The number of alkyl halides is 1. The molecule has 2 heteroatoms. The highest BCUT2D eigenvalue weighted by molar-refractivity contribution is 6.22. The molecule has 1 saturated carbocycles. The summed E-state index contributed by atoms with van der Waals surface area (Å²) in [6.07, 6.45) is 8.53. The van der Waals surface area contributed by atoms with Crippen LogP contribution in [0.5, 0.6) is 0 Å². The molecule has 0 amide bonds. The average molecular weight is 289 g/mol. The first-order valence-corrected chi connectivity index (χ1v) is 7.97. The smallest absolute Gasteiger partial charge is 0.105 e. The van der Waals surface area contributed by atoms with Crippen molar-refractivity contribution in [2.45, 2.75) is 50.3 Å². The van der Waals surface area contributed by atoms with Crippen LogP contribution >= 0.6 is 11.6 Å². The van der Waals surface area contributed by atoms with Gasteiger partial charge in [0.1, 0.15) is 5.76 Å². The van der Waals surface area contributed by atoms with Gasteiger partial charge in [-0.2, -0.15) is 0 Å². The second kappa shape index (κ2) is 6.05. The number of halogens is 1. The molecular weight excluding hydrogens is 268 g/mol. The molecule has 1 aliphatic carbocycles. The van der Waals surface area contributed by atoms with Crippen molar-refractivity contribution in [2.75, 3.05) is 0 Å². The largest absolute Gasteiger partial charge is 0.469 e. The SMILES string of the molecule is Cc1occc1C(Cl)c1ccc(C2CCCCC2)cc1. The summed E-state index contributed by atoms with van der Waals surface area (Å²) < 4.78 is 5.34. The third kappa shape index (κ3) is 2.78. The van der Waals surface area contributed by atoms with Crippen LogP contribution in [0.1, 0.15) is 65.8 Å². The van der Waals surface area contributed by atoms with Crippen molar-refractivity contribution >= 4 is 11.6 Å². The highest BCUT2D eigenvalue weighted by atomic mass is 35.5. The second-order valence-electron chi connectivity index (χ2n) is 5.80. The van der Waals surface area contributed by atoms with Crippen LogP contribution in [0, 0.1) is 6.92 Å². The van der Waals surface area contributed by atoms with Crippen LogP contribution < -0.4 is 0 Å². The van der Waals surface area contributed by atoms with Gasteiger partial charge >= 0.3 is 0 Å². The van der Waals surface area contributed by atoms with E-state index in [1.807, 2.05) is 13.0 Å². The molecular formula is C18H21ClO. The van der Waals surface area contributed by atoms with E-state index >= 15 is 0 Å². The number of hydrogen-bond donors (Lipinski definition) is 0. The lowest BCUT2D eigenvalue weighted by atomic mass is 9.84. The van der Waals surface area contributed by atoms with Crippen LogP contribution in [-0.2, 0) is 0 Å². The summed E-state index contributed by atoms with van der Waals surface area (Å²) in [5, 5.41) is -0.117.